The number of nitrogens with one attached hydrogen (secondary N) is 2. The zero-order chi connectivity index (χ0) is 9.68. The van der Waals surface area contributed by atoms with Crippen LogP contribution in [0.4, 0.5) is 0 Å². The molecule has 0 aromatic carbocycles. The maximum absolute atomic E-state index is 10.9. The fourth-order valence-corrected chi connectivity index (χ4v) is 1.40. The molecule has 13 heavy (non-hydrogen) atoms. The number of hydrogen-bond acceptors (Lipinski definition) is 4. The van der Waals surface area contributed by atoms with Crippen molar-refractivity contribution in [3.63, 3.8) is 0 Å². The Bertz CT molecular complexity index is 206. The summed E-state index contributed by atoms with van der Waals surface area (Å²) in [5.41, 5.74) is 5.12. The first kappa shape index (κ1) is 10.1. The molecule has 0 aromatic rings. The highest BCUT2D eigenvalue weighted by molar-refractivity contribution is 5.81. The van der Waals surface area contributed by atoms with Crippen LogP contribution in [0.1, 0.15) is 19.3 Å². The van der Waals surface area contributed by atoms with Gasteiger partial charge in [0.2, 0.25) is 5.91 Å². The van der Waals surface area contributed by atoms with Gasteiger partial charge in [0.1, 0.15) is 5.78 Å². The Labute approximate surface area is 77.1 Å². The van der Waals surface area contributed by atoms with Gasteiger partial charge >= 0.3 is 0 Å². The van der Waals surface area contributed by atoms with E-state index in [1.165, 1.54) is 0 Å². The second-order valence-corrected chi connectivity index (χ2v) is 3.16. The van der Waals surface area contributed by atoms with Crippen molar-refractivity contribution in [2.45, 2.75) is 25.3 Å². The lowest BCUT2D eigenvalue weighted by molar-refractivity contribution is -0.120. The third-order valence-electron chi connectivity index (χ3n) is 2.10. The molecule has 1 fully saturated rings. The van der Waals surface area contributed by atoms with Crippen molar-refractivity contribution in [3.05, 3.63) is 0 Å². The van der Waals surface area contributed by atoms with Gasteiger partial charge in [-0.05, 0) is 6.42 Å². The minimum Gasteiger partial charge on any atom is -0.343 e. The predicted octanol–water partition coefficient (Wildman–Crippen LogP) is -1.27. The first-order chi connectivity index (χ1) is 6.22. The van der Waals surface area contributed by atoms with Crippen LogP contribution in [0.3, 0.4) is 0 Å². The summed E-state index contributed by atoms with van der Waals surface area (Å²) in [6, 6.07) is 0.177. The molecule has 1 unspecified atom stereocenters. The average molecular weight is 185 g/mol. The number of amides is 1. The Hall–Kier alpha value is -0.940. The zero-order valence-corrected chi connectivity index (χ0v) is 7.51. The van der Waals surface area contributed by atoms with Gasteiger partial charge in [0.15, 0.2) is 0 Å². The summed E-state index contributed by atoms with van der Waals surface area (Å²) in [7, 11) is 0. The van der Waals surface area contributed by atoms with Crippen LogP contribution in [0.2, 0.25) is 0 Å². The fourth-order valence-electron chi connectivity index (χ4n) is 1.40. The van der Waals surface area contributed by atoms with Crippen molar-refractivity contribution in [3.8, 4) is 0 Å². The fraction of sp³-hybridized carbons (Fsp3) is 0.750. The highest BCUT2D eigenvalue weighted by atomic mass is 16.2. The van der Waals surface area contributed by atoms with Crippen LogP contribution in [0, 0.1) is 0 Å². The number of ketones is 1. The molecule has 1 amide bonds. The first-order valence-electron chi connectivity index (χ1n) is 4.44. The molecule has 1 saturated carbocycles. The lowest BCUT2D eigenvalue weighted by Gasteiger charge is -2.09. The molecule has 0 spiro atoms. The third kappa shape index (κ3) is 3.52. The van der Waals surface area contributed by atoms with E-state index in [-0.39, 0.29) is 30.9 Å². The van der Waals surface area contributed by atoms with Gasteiger partial charge in [0.05, 0.1) is 13.2 Å². The standard InChI is InChI=1S/C8H15N3O2/c9-5-11-8(13)4-10-6-1-2-7(12)3-6/h6,10H,1-5,9H2,(H,11,13). The van der Waals surface area contributed by atoms with E-state index < -0.39 is 0 Å². The Morgan fingerprint density at radius 3 is 2.92 bits per heavy atom. The molecule has 0 heterocycles. The summed E-state index contributed by atoms with van der Waals surface area (Å²) in [6.07, 6.45) is 2.03. The topological polar surface area (TPSA) is 84.2 Å². The summed E-state index contributed by atoms with van der Waals surface area (Å²) in [5.74, 6) is 0.151. The minimum atomic E-state index is -0.123. The van der Waals surface area contributed by atoms with Crippen molar-refractivity contribution in [2.24, 2.45) is 5.73 Å². The van der Waals surface area contributed by atoms with Gasteiger partial charge in [-0.2, -0.15) is 0 Å². The van der Waals surface area contributed by atoms with Crippen molar-refractivity contribution < 1.29 is 9.59 Å². The van der Waals surface area contributed by atoms with E-state index in [2.05, 4.69) is 10.6 Å². The van der Waals surface area contributed by atoms with Crippen LogP contribution < -0.4 is 16.4 Å². The summed E-state index contributed by atoms with van der Waals surface area (Å²) in [4.78, 5) is 21.8. The number of carbonyl (C=O) groups is 2. The van der Waals surface area contributed by atoms with Gasteiger partial charge < -0.3 is 16.4 Å². The molecule has 0 aromatic heterocycles. The molecule has 0 radical (unpaired) electrons. The maximum Gasteiger partial charge on any atom is 0.234 e. The molecular formula is C8H15N3O2. The lowest BCUT2D eigenvalue weighted by atomic mass is 10.2. The lowest BCUT2D eigenvalue weighted by Crippen LogP contribution is -2.40. The molecule has 1 rings (SSSR count). The van der Waals surface area contributed by atoms with Gasteiger partial charge in [0.25, 0.3) is 0 Å². The SMILES string of the molecule is NCNC(=O)CNC1CCC(=O)C1. The van der Waals surface area contributed by atoms with Gasteiger partial charge in [-0.3, -0.25) is 9.59 Å². The number of rotatable bonds is 4. The van der Waals surface area contributed by atoms with E-state index in [1.54, 1.807) is 0 Å². The van der Waals surface area contributed by atoms with E-state index in [9.17, 15) is 9.59 Å². The number of nitrogens with two attached hydrogens (primary N) is 1. The van der Waals surface area contributed by atoms with E-state index >= 15 is 0 Å². The summed E-state index contributed by atoms with van der Waals surface area (Å²) < 4.78 is 0. The third-order valence-corrected chi connectivity index (χ3v) is 2.10. The highest BCUT2D eigenvalue weighted by Gasteiger charge is 2.21. The smallest absolute Gasteiger partial charge is 0.234 e. The quantitative estimate of drug-likeness (QED) is 0.477. The molecular weight excluding hydrogens is 170 g/mol. The van der Waals surface area contributed by atoms with Crippen LogP contribution in [0.25, 0.3) is 0 Å². The van der Waals surface area contributed by atoms with Crippen molar-refractivity contribution in [1.29, 1.82) is 0 Å². The minimum absolute atomic E-state index is 0.123. The number of hydrogen-bond donors (Lipinski definition) is 3. The predicted molar refractivity (Wildman–Crippen MR) is 47.8 cm³/mol. The second kappa shape index (κ2) is 4.94. The zero-order valence-electron chi connectivity index (χ0n) is 7.51. The monoisotopic (exact) mass is 185 g/mol. The van der Waals surface area contributed by atoms with Crippen LogP contribution >= 0.6 is 0 Å². The Balaban J connectivity index is 2.12. The Morgan fingerprint density at radius 2 is 2.38 bits per heavy atom. The number of Topliss-reactive ketones (excluding diaryl/α,β-unsaturated/α-hetero) is 1. The van der Waals surface area contributed by atoms with E-state index in [1.807, 2.05) is 0 Å². The normalized spacial score (nSPS) is 21.9. The van der Waals surface area contributed by atoms with Crippen molar-refractivity contribution >= 4 is 11.7 Å². The second-order valence-electron chi connectivity index (χ2n) is 3.16. The van der Waals surface area contributed by atoms with Crippen molar-refractivity contribution in [2.75, 3.05) is 13.2 Å². The highest BCUT2D eigenvalue weighted by Crippen LogP contribution is 2.13. The molecule has 0 saturated heterocycles. The molecule has 1 aliphatic rings. The maximum atomic E-state index is 10.9. The van der Waals surface area contributed by atoms with Gasteiger partial charge in [-0.15, -0.1) is 0 Å². The summed E-state index contributed by atoms with van der Waals surface area (Å²) in [5, 5.41) is 5.48. The van der Waals surface area contributed by atoms with Gasteiger partial charge in [-0.1, -0.05) is 0 Å². The summed E-state index contributed by atoms with van der Waals surface area (Å²) >= 11 is 0. The number of carbonyl (C=O) groups excluding carboxylic acids is 2. The summed E-state index contributed by atoms with van der Waals surface area (Å²) in [6.45, 7) is 0.402. The van der Waals surface area contributed by atoms with Crippen LogP contribution in [-0.4, -0.2) is 30.9 Å². The van der Waals surface area contributed by atoms with Gasteiger partial charge in [0, 0.05) is 18.9 Å². The molecule has 4 N–H and O–H groups in total. The molecule has 5 heteroatoms. The first-order valence-corrected chi connectivity index (χ1v) is 4.44. The van der Waals surface area contributed by atoms with E-state index in [0.29, 0.717) is 12.8 Å². The van der Waals surface area contributed by atoms with Crippen LogP contribution in [0.15, 0.2) is 0 Å². The van der Waals surface area contributed by atoms with E-state index in [0.717, 1.165) is 6.42 Å². The van der Waals surface area contributed by atoms with Gasteiger partial charge in [-0.25, -0.2) is 0 Å². The van der Waals surface area contributed by atoms with Crippen LogP contribution in [0.5, 0.6) is 0 Å². The van der Waals surface area contributed by atoms with E-state index in [4.69, 9.17) is 5.73 Å². The Morgan fingerprint density at radius 1 is 1.62 bits per heavy atom. The average Bonchev–Trinajstić information content (AvgIpc) is 2.49. The molecule has 0 bridgehead atoms. The molecule has 74 valence electrons. The Kier molecular flexibility index (Phi) is 3.85. The molecule has 1 aliphatic carbocycles. The van der Waals surface area contributed by atoms with Crippen LogP contribution in [-0.2, 0) is 9.59 Å². The van der Waals surface area contributed by atoms with Crippen molar-refractivity contribution in [1.82, 2.24) is 10.6 Å². The molecule has 1 atom stereocenters. The largest absolute Gasteiger partial charge is 0.343 e. The molecule has 5 nitrogen and oxygen atoms in total. The molecule has 0 aliphatic heterocycles.